The molecule has 0 saturated carbocycles. The second-order valence-corrected chi connectivity index (χ2v) is 7.03. The van der Waals surface area contributed by atoms with Gasteiger partial charge in [-0.15, -0.1) is 15.0 Å². The predicted octanol–water partition coefficient (Wildman–Crippen LogP) is 0.675. The Bertz CT molecular complexity index is 754. The highest BCUT2D eigenvalue weighted by atomic mass is 32.2. The summed E-state index contributed by atoms with van der Waals surface area (Å²) in [6.45, 7) is 3.13. The zero-order valence-corrected chi connectivity index (χ0v) is 12.9. The molecule has 0 aliphatic carbocycles. The molecule has 21 heavy (non-hydrogen) atoms. The summed E-state index contributed by atoms with van der Waals surface area (Å²) in [7, 11) is -4.02. The van der Waals surface area contributed by atoms with E-state index in [-0.39, 0.29) is 9.47 Å². The molecule has 3 N–H and O–H groups in total. The second kappa shape index (κ2) is 5.76. The van der Waals surface area contributed by atoms with Gasteiger partial charge in [0.2, 0.25) is 11.0 Å². The monoisotopic (exact) mass is 327 g/mol. The minimum absolute atomic E-state index is 0.0279. The molecule has 1 aromatic heterocycles. The number of nitrogens with zero attached hydrogens (tertiary/aromatic N) is 3. The maximum Gasteiger partial charge on any atom is 0.287 e. The molecule has 0 bridgehead atoms. The lowest BCUT2D eigenvalue weighted by Crippen LogP contribution is -2.45. The van der Waals surface area contributed by atoms with Crippen molar-refractivity contribution in [3.63, 3.8) is 0 Å². The van der Waals surface area contributed by atoms with Crippen molar-refractivity contribution in [2.45, 2.75) is 18.2 Å². The van der Waals surface area contributed by atoms with Gasteiger partial charge in [-0.25, -0.2) is 13.4 Å². The van der Waals surface area contributed by atoms with Crippen LogP contribution >= 0.6 is 11.3 Å². The van der Waals surface area contributed by atoms with E-state index in [2.05, 4.69) is 15.0 Å². The molecule has 0 fully saturated rings. The van der Waals surface area contributed by atoms with Crippen molar-refractivity contribution in [3.05, 3.63) is 29.8 Å². The van der Waals surface area contributed by atoms with E-state index in [1.807, 2.05) is 6.92 Å². The van der Waals surface area contributed by atoms with Gasteiger partial charge in [0, 0.05) is 6.92 Å². The van der Waals surface area contributed by atoms with Crippen molar-refractivity contribution in [1.82, 2.24) is 15.0 Å². The Balaban J connectivity index is 2.32. The van der Waals surface area contributed by atoms with Crippen LogP contribution in [0.15, 0.2) is 28.6 Å². The first-order valence-electron chi connectivity index (χ1n) is 5.78. The Morgan fingerprint density at radius 1 is 1.29 bits per heavy atom. The number of rotatable bonds is 4. The van der Waals surface area contributed by atoms with Gasteiger partial charge in [-0.3, -0.25) is 4.79 Å². The fraction of sp³-hybridized carbons (Fsp3) is 0.182. The molecule has 8 nitrogen and oxygen atoms in total. The molecule has 0 atom stereocenters. The predicted molar refractivity (Wildman–Crippen MR) is 79.0 cm³/mol. The summed E-state index contributed by atoms with van der Waals surface area (Å²) in [5, 5.41) is 7.86. The summed E-state index contributed by atoms with van der Waals surface area (Å²) in [5.74, 6) is -0.486. The first kappa shape index (κ1) is 15.4. The molecule has 0 aliphatic rings. The Morgan fingerprint density at radius 3 is 2.38 bits per heavy atom. The van der Waals surface area contributed by atoms with E-state index < -0.39 is 15.9 Å². The van der Waals surface area contributed by atoms with Crippen LogP contribution in [0.25, 0.3) is 0 Å². The van der Waals surface area contributed by atoms with Gasteiger partial charge in [-0.2, -0.15) is 0 Å². The number of benzene rings is 1. The number of aryl methyl sites for hydroxylation is 1. The van der Waals surface area contributed by atoms with Crippen molar-refractivity contribution in [1.29, 1.82) is 0 Å². The average Bonchev–Trinajstić information content (AvgIpc) is 2.84. The number of amides is 1. The number of nitrogens with one attached hydrogen (secondary N) is 1. The Morgan fingerprint density at radius 2 is 1.90 bits per heavy atom. The molecule has 0 saturated heterocycles. The topological polar surface area (TPSA) is 118 Å². The zero-order valence-electron chi connectivity index (χ0n) is 11.3. The van der Waals surface area contributed by atoms with Crippen molar-refractivity contribution >= 4 is 38.1 Å². The summed E-state index contributed by atoms with van der Waals surface area (Å²) in [5.41, 5.74) is 6.75. The van der Waals surface area contributed by atoms with E-state index in [4.69, 9.17) is 5.73 Å². The third kappa shape index (κ3) is 3.54. The molecular formula is C11H13N5O3S2. The van der Waals surface area contributed by atoms with E-state index in [0.29, 0.717) is 17.0 Å². The van der Waals surface area contributed by atoms with Crippen LogP contribution in [0.2, 0.25) is 0 Å². The van der Waals surface area contributed by atoms with Crippen LogP contribution in [-0.2, 0) is 14.8 Å². The van der Waals surface area contributed by atoms with Gasteiger partial charge in [0.1, 0.15) is 0 Å². The molecule has 10 heteroatoms. The Kier molecular flexibility index (Phi) is 4.21. The van der Waals surface area contributed by atoms with Crippen LogP contribution in [0.4, 0.5) is 10.8 Å². The minimum atomic E-state index is -4.02. The number of nitrogens with two attached hydrogens (primary N) is 1. The number of hydrazine groups is 1. The molecule has 2 rings (SSSR count). The molecule has 1 amide bonds. The quantitative estimate of drug-likeness (QED) is 0.797. The molecule has 0 spiro atoms. The smallest absolute Gasteiger partial charge is 0.287 e. The fourth-order valence-corrected chi connectivity index (χ4v) is 3.33. The highest BCUT2D eigenvalue weighted by molar-refractivity contribution is 7.91. The third-order valence-corrected chi connectivity index (χ3v) is 4.89. The standard InChI is InChI=1S/C11H13N5O3S2/c1-7-3-5-9(6-4-7)16(8(2)17)15-21(18,19)11-14-13-10(12)20-11/h3-6,15H,1-2H3,(H2,12,13). The SMILES string of the molecule is CC(=O)N(NS(=O)(=O)c1nnc(N)s1)c1ccc(C)cc1. The summed E-state index contributed by atoms with van der Waals surface area (Å²) in [4.78, 5) is 13.9. The van der Waals surface area contributed by atoms with Crippen molar-refractivity contribution in [3.8, 4) is 0 Å². The summed E-state index contributed by atoms with van der Waals surface area (Å²) >= 11 is 0.713. The number of hydrogen-bond acceptors (Lipinski definition) is 7. The summed E-state index contributed by atoms with van der Waals surface area (Å²) in [6.07, 6.45) is 0. The number of hydrogen-bond donors (Lipinski definition) is 2. The lowest BCUT2D eigenvalue weighted by atomic mass is 10.2. The zero-order chi connectivity index (χ0) is 15.6. The van der Waals surface area contributed by atoms with Gasteiger partial charge < -0.3 is 5.73 Å². The van der Waals surface area contributed by atoms with Gasteiger partial charge >= 0.3 is 0 Å². The van der Waals surface area contributed by atoms with E-state index >= 15 is 0 Å². The van der Waals surface area contributed by atoms with E-state index in [0.717, 1.165) is 10.6 Å². The maximum atomic E-state index is 12.1. The third-order valence-electron chi connectivity index (χ3n) is 2.47. The van der Waals surface area contributed by atoms with E-state index in [1.54, 1.807) is 24.3 Å². The first-order chi connectivity index (χ1) is 9.79. The van der Waals surface area contributed by atoms with Gasteiger partial charge in [0.15, 0.2) is 0 Å². The molecule has 0 aliphatic heterocycles. The number of carbonyl (C=O) groups is 1. The number of sulfonamides is 1. The highest BCUT2D eigenvalue weighted by Crippen LogP contribution is 2.19. The molecule has 2 aromatic rings. The first-order valence-corrected chi connectivity index (χ1v) is 8.08. The van der Waals surface area contributed by atoms with Crippen molar-refractivity contribution < 1.29 is 13.2 Å². The van der Waals surface area contributed by atoms with Crippen LogP contribution in [0.5, 0.6) is 0 Å². The van der Waals surface area contributed by atoms with Crippen LogP contribution < -0.4 is 15.6 Å². The normalized spacial score (nSPS) is 11.3. The van der Waals surface area contributed by atoms with E-state index in [9.17, 15) is 13.2 Å². The molecule has 0 radical (unpaired) electrons. The van der Waals surface area contributed by atoms with Crippen LogP contribution in [-0.4, -0.2) is 24.5 Å². The minimum Gasteiger partial charge on any atom is -0.374 e. The second-order valence-electron chi connectivity index (χ2n) is 4.19. The maximum absolute atomic E-state index is 12.1. The van der Waals surface area contributed by atoms with Crippen LogP contribution in [0.1, 0.15) is 12.5 Å². The van der Waals surface area contributed by atoms with Crippen molar-refractivity contribution in [2.75, 3.05) is 10.7 Å². The molecular weight excluding hydrogens is 314 g/mol. The number of nitrogen functional groups attached to an aromatic ring is 1. The number of carbonyl (C=O) groups excluding carboxylic acids is 1. The molecule has 1 aromatic carbocycles. The largest absolute Gasteiger partial charge is 0.374 e. The Labute approximate surface area is 125 Å². The van der Waals surface area contributed by atoms with E-state index in [1.165, 1.54) is 6.92 Å². The summed E-state index contributed by atoms with van der Waals surface area (Å²) < 4.78 is 24.0. The van der Waals surface area contributed by atoms with Crippen LogP contribution in [0.3, 0.4) is 0 Å². The average molecular weight is 327 g/mol. The van der Waals surface area contributed by atoms with Gasteiger partial charge in [0.05, 0.1) is 5.69 Å². The van der Waals surface area contributed by atoms with Crippen molar-refractivity contribution in [2.24, 2.45) is 0 Å². The molecule has 1 heterocycles. The fourth-order valence-electron chi connectivity index (χ4n) is 1.48. The van der Waals surface area contributed by atoms with Gasteiger partial charge in [-0.1, -0.05) is 29.0 Å². The Hall–Kier alpha value is -2.04. The lowest BCUT2D eigenvalue weighted by molar-refractivity contribution is -0.116. The van der Waals surface area contributed by atoms with Crippen LogP contribution in [0, 0.1) is 6.92 Å². The summed E-state index contributed by atoms with van der Waals surface area (Å²) in [6, 6.07) is 6.80. The molecule has 112 valence electrons. The highest BCUT2D eigenvalue weighted by Gasteiger charge is 2.25. The van der Waals surface area contributed by atoms with Gasteiger partial charge in [-0.05, 0) is 19.1 Å². The lowest BCUT2D eigenvalue weighted by Gasteiger charge is -2.20. The number of anilines is 2. The molecule has 0 unspecified atom stereocenters. The number of aromatic nitrogens is 2. The van der Waals surface area contributed by atoms with Gasteiger partial charge in [0.25, 0.3) is 14.4 Å².